The molecule has 2 aliphatic heterocycles. The SMILES string of the molecule is C=CC1C(COC(C)=O)OC(OC2C(COC(C)=O)OC(OC(=N)C(C)C)C(C)C2OC(C)=O)C(OC(C)=O)C1OC(C)=O. The fourth-order valence-electron chi connectivity index (χ4n) is 4.78. The second kappa shape index (κ2) is 16.5. The highest BCUT2D eigenvalue weighted by Gasteiger charge is 2.54. The van der Waals surface area contributed by atoms with Crippen LogP contribution in [-0.2, 0) is 66.6 Å². The zero-order chi connectivity index (χ0) is 33.3. The third-order valence-electron chi connectivity index (χ3n) is 6.80. The predicted molar refractivity (Wildman–Crippen MR) is 149 cm³/mol. The van der Waals surface area contributed by atoms with E-state index in [1.165, 1.54) is 26.8 Å². The van der Waals surface area contributed by atoms with Crippen LogP contribution >= 0.6 is 0 Å². The second-order valence-electron chi connectivity index (χ2n) is 10.8. The Morgan fingerprint density at radius 2 is 1.18 bits per heavy atom. The van der Waals surface area contributed by atoms with Crippen molar-refractivity contribution in [1.82, 2.24) is 0 Å². The molecule has 2 fully saturated rings. The Balaban J connectivity index is 2.60. The summed E-state index contributed by atoms with van der Waals surface area (Å²) >= 11 is 0. The van der Waals surface area contributed by atoms with Crippen LogP contribution in [0.3, 0.4) is 0 Å². The third kappa shape index (κ3) is 10.3. The van der Waals surface area contributed by atoms with Crippen molar-refractivity contribution >= 4 is 35.7 Å². The van der Waals surface area contributed by atoms with Crippen LogP contribution in [0.25, 0.3) is 0 Å². The molecule has 0 bridgehead atoms. The van der Waals surface area contributed by atoms with E-state index in [2.05, 4.69) is 6.58 Å². The van der Waals surface area contributed by atoms with Crippen molar-refractivity contribution in [2.24, 2.45) is 17.8 Å². The molecule has 0 amide bonds. The van der Waals surface area contributed by atoms with Gasteiger partial charge in [0.05, 0.1) is 5.92 Å². The van der Waals surface area contributed by atoms with Crippen LogP contribution in [0.5, 0.6) is 0 Å². The quantitative estimate of drug-likeness (QED) is 0.108. The number of carbonyl (C=O) groups is 5. The minimum absolute atomic E-state index is 0.0902. The van der Waals surface area contributed by atoms with Gasteiger partial charge in [0, 0.05) is 46.5 Å². The predicted octanol–water partition coefficient (Wildman–Crippen LogP) is 1.83. The average Bonchev–Trinajstić information content (AvgIpc) is 2.90. The van der Waals surface area contributed by atoms with Crippen molar-refractivity contribution in [3.05, 3.63) is 12.7 Å². The van der Waals surface area contributed by atoms with Crippen molar-refractivity contribution in [3.8, 4) is 0 Å². The largest absolute Gasteiger partial charge is 0.463 e. The van der Waals surface area contributed by atoms with Gasteiger partial charge in [0.2, 0.25) is 6.29 Å². The Hall–Kier alpha value is -3.56. The van der Waals surface area contributed by atoms with Gasteiger partial charge in [-0.25, -0.2) is 0 Å². The average molecular weight is 630 g/mol. The topological polar surface area (TPSA) is 192 Å². The number of carbonyl (C=O) groups excluding carboxylic acids is 5. The van der Waals surface area contributed by atoms with Gasteiger partial charge >= 0.3 is 29.8 Å². The molecule has 15 heteroatoms. The van der Waals surface area contributed by atoms with Crippen molar-refractivity contribution in [2.75, 3.05) is 13.2 Å². The summed E-state index contributed by atoms with van der Waals surface area (Å²) < 4.78 is 51.5. The van der Waals surface area contributed by atoms with E-state index in [0.717, 1.165) is 13.8 Å². The first-order valence-electron chi connectivity index (χ1n) is 14.2. The summed E-state index contributed by atoms with van der Waals surface area (Å²) in [5.41, 5.74) is 0. The first-order chi connectivity index (χ1) is 20.5. The van der Waals surface area contributed by atoms with E-state index >= 15 is 0 Å². The molecular formula is C29H43NO14. The van der Waals surface area contributed by atoms with E-state index in [4.69, 9.17) is 48.0 Å². The molecular weight excluding hydrogens is 586 g/mol. The summed E-state index contributed by atoms with van der Waals surface area (Å²) in [7, 11) is 0. The number of esters is 5. The van der Waals surface area contributed by atoms with Crippen LogP contribution in [-0.4, -0.2) is 98.2 Å². The Bertz CT molecular complexity index is 1080. The van der Waals surface area contributed by atoms with E-state index in [1.807, 2.05) is 0 Å². The zero-order valence-electron chi connectivity index (χ0n) is 26.3. The minimum Gasteiger partial charge on any atom is -0.463 e. The molecule has 10 unspecified atom stereocenters. The summed E-state index contributed by atoms with van der Waals surface area (Å²) in [5.74, 6) is -5.33. The molecule has 10 atom stereocenters. The maximum atomic E-state index is 12.3. The van der Waals surface area contributed by atoms with Crippen LogP contribution < -0.4 is 0 Å². The molecule has 0 aliphatic carbocycles. The molecule has 0 saturated carbocycles. The van der Waals surface area contributed by atoms with Crippen LogP contribution in [0.2, 0.25) is 0 Å². The van der Waals surface area contributed by atoms with E-state index < -0.39 is 90.9 Å². The van der Waals surface area contributed by atoms with Gasteiger partial charge in [0.1, 0.15) is 37.6 Å². The van der Waals surface area contributed by atoms with Crippen molar-refractivity contribution in [2.45, 2.75) is 105 Å². The first kappa shape index (κ1) is 36.6. The third-order valence-corrected chi connectivity index (χ3v) is 6.80. The van der Waals surface area contributed by atoms with E-state index in [-0.39, 0.29) is 25.0 Å². The van der Waals surface area contributed by atoms with Crippen LogP contribution in [0, 0.1) is 23.2 Å². The fraction of sp³-hybridized carbons (Fsp3) is 0.724. The maximum Gasteiger partial charge on any atom is 0.303 e. The number of hydrogen-bond donors (Lipinski definition) is 1. The molecule has 1 N–H and O–H groups in total. The Labute approximate surface area is 256 Å². The molecule has 0 spiro atoms. The van der Waals surface area contributed by atoms with Gasteiger partial charge in [-0.05, 0) is 0 Å². The second-order valence-corrected chi connectivity index (χ2v) is 10.8. The molecule has 0 aromatic rings. The van der Waals surface area contributed by atoms with Crippen molar-refractivity contribution < 1.29 is 66.6 Å². The van der Waals surface area contributed by atoms with E-state index in [9.17, 15) is 24.0 Å². The molecule has 2 aliphatic rings. The fourth-order valence-corrected chi connectivity index (χ4v) is 4.78. The lowest BCUT2D eigenvalue weighted by molar-refractivity contribution is -0.343. The summed E-state index contributed by atoms with van der Waals surface area (Å²) in [6.45, 7) is 14.1. The summed E-state index contributed by atoms with van der Waals surface area (Å²) in [6.07, 6.45) is -8.27. The first-order valence-corrected chi connectivity index (χ1v) is 14.2. The smallest absolute Gasteiger partial charge is 0.303 e. The number of rotatable bonds is 12. The van der Waals surface area contributed by atoms with E-state index in [1.54, 1.807) is 20.8 Å². The molecule has 2 saturated heterocycles. The van der Waals surface area contributed by atoms with Gasteiger partial charge in [-0.15, -0.1) is 6.58 Å². The van der Waals surface area contributed by atoms with Crippen molar-refractivity contribution in [3.63, 3.8) is 0 Å². The molecule has 0 aromatic carbocycles. The highest BCUT2D eigenvalue weighted by Crippen LogP contribution is 2.37. The summed E-state index contributed by atoms with van der Waals surface area (Å²) in [6, 6.07) is 0. The molecule has 15 nitrogen and oxygen atoms in total. The van der Waals surface area contributed by atoms with E-state index in [0.29, 0.717) is 0 Å². The van der Waals surface area contributed by atoms with Gasteiger partial charge in [0.15, 0.2) is 24.4 Å². The maximum absolute atomic E-state index is 12.3. The van der Waals surface area contributed by atoms with Crippen LogP contribution in [0.1, 0.15) is 55.4 Å². The number of nitrogens with one attached hydrogen (secondary N) is 1. The minimum atomic E-state index is -1.51. The normalized spacial score (nSPS) is 31.7. The molecule has 0 radical (unpaired) electrons. The molecule has 2 rings (SSSR count). The van der Waals surface area contributed by atoms with Crippen LogP contribution in [0.15, 0.2) is 12.7 Å². The standard InChI is InChI=1S/C29H43NO14/c1-10-20-21(11-36-15(5)31)41-29(26(40-19(9)35)24(20)39-18(8)34)43-25-22(12-37-16(6)32)42-28(44-27(30)13(2)3)14(4)23(25)38-17(7)33/h10,13-14,20-26,28-30H,1,11-12H2,2-9H3. The molecule has 2 heterocycles. The molecule has 0 aromatic heterocycles. The van der Waals surface area contributed by atoms with Crippen molar-refractivity contribution in [1.29, 1.82) is 5.41 Å². The van der Waals surface area contributed by atoms with Gasteiger partial charge in [-0.1, -0.05) is 26.8 Å². The van der Waals surface area contributed by atoms with Gasteiger partial charge in [-0.2, -0.15) is 0 Å². The zero-order valence-corrected chi connectivity index (χ0v) is 26.3. The lowest BCUT2D eigenvalue weighted by Gasteiger charge is -2.48. The van der Waals surface area contributed by atoms with Gasteiger partial charge in [-0.3, -0.25) is 29.4 Å². The summed E-state index contributed by atoms with van der Waals surface area (Å²) in [5, 5.41) is 8.19. The van der Waals surface area contributed by atoms with Crippen LogP contribution in [0.4, 0.5) is 0 Å². The Kier molecular flexibility index (Phi) is 13.7. The molecule has 44 heavy (non-hydrogen) atoms. The number of ether oxygens (including phenoxy) is 9. The highest BCUT2D eigenvalue weighted by atomic mass is 16.8. The lowest BCUT2D eigenvalue weighted by Crippen LogP contribution is -2.63. The summed E-state index contributed by atoms with van der Waals surface area (Å²) in [4.78, 5) is 60.0. The molecule has 248 valence electrons. The highest BCUT2D eigenvalue weighted by molar-refractivity contribution is 5.74. The number of hydrogen-bond acceptors (Lipinski definition) is 15. The van der Waals surface area contributed by atoms with Gasteiger partial charge in [0.25, 0.3) is 0 Å². The van der Waals surface area contributed by atoms with Gasteiger partial charge < -0.3 is 42.6 Å². The Morgan fingerprint density at radius 1 is 0.705 bits per heavy atom. The Morgan fingerprint density at radius 3 is 1.66 bits per heavy atom. The lowest BCUT2D eigenvalue weighted by atomic mass is 9.88. The monoisotopic (exact) mass is 629 g/mol.